The van der Waals surface area contributed by atoms with Gasteiger partial charge in [-0.05, 0) is 18.4 Å². The Morgan fingerprint density at radius 1 is 1.10 bits per heavy atom. The van der Waals surface area contributed by atoms with Gasteiger partial charge in [-0.25, -0.2) is 8.42 Å². The molecule has 108 valence electrons. The Labute approximate surface area is 119 Å². The van der Waals surface area contributed by atoms with Crippen molar-refractivity contribution in [1.82, 2.24) is 10.2 Å². The van der Waals surface area contributed by atoms with E-state index in [1.165, 1.54) is 0 Å². The molecule has 0 bridgehead atoms. The van der Waals surface area contributed by atoms with E-state index in [-0.39, 0.29) is 17.4 Å². The Balaban J connectivity index is 1.85. The SMILES string of the molecule is CCc1nnc(CS(=O)(=O)CCCc2ccccc2)o1. The van der Waals surface area contributed by atoms with Crippen LogP contribution in [0.3, 0.4) is 0 Å². The summed E-state index contributed by atoms with van der Waals surface area (Å²) in [6.45, 7) is 1.88. The normalized spacial score (nSPS) is 11.7. The summed E-state index contributed by atoms with van der Waals surface area (Å²) < 4.78 is 29.2. The van der Waals surface area contributed by atoms with E-state index >= 15 is 0 Å². The molecule has 0 aliphatic heterocycles. The van der Waals surface area contributed by atoms with E-state index in [9.17, 15) is 8.42 Å². The van der Waals surface area contributed by atoms with Crippen LogP contribution in [0.4, 0.5) is 0 Å². The number of sulfone groups is 1. The molecule has 0 unspecified atom stereocenters. The zero-order chi connectivity index (χ0) is 14.4. The molecule has 0 aliphatic rings. The summed E-state index contributed by atoms with van der Waals surface area (Å²) in [5, 5.41) is 7.51. The van der Waals surface area contributed by atoms with Crippen LogP contribution in [0.2, 0.25) is 0 Å². The van der Waals surface area contributed by atoms with Crippen molar-refractivity contribution in [2.45, 2.75) is 31.9 Å². The van der Waals surface area contributed by atoms with Gasteiger partial charge in [-0.3, -0.25) is 0 Å². The molecule has 5 nitrogen and oxygen atoms in total. The fourth-order valence-electron chi connectivity index (χ4n) is 1.89. The van der Waals surface area contributed by atoms with Crippen molar-refractivity contribution >= 4 is 9.84 Å². The Morgan fingerprint density at radius 2 is 1.80 bits per heavy atom. The standard InChI is InChI=1S/C14H18N2O3S/c1-2-13-15-16-14(19-13)11-20(17,18)10-6-9-12-7-4-3-5-8-12/h3-5,7-8H,2,6,9-11H2,1H3. The lowest BCUT2D eigenvalue weighted by Crippen LogP contribution is -2.10. The van der Waals surface area contributed by atoms with Gasteiger partial charge in [-0.2, -0.15) is 0 Å². The minimum atomic E-state index is -3.20. The van der Waals surface area contributed by atoms with Crippen molar-refractivity contribution in [3.8, 4) is 0 Å². The molecular weight excluding hydrogens is 276 g/mol. The summed E-state index contributed by atoms with van der Waals surface area (Å²) in [5.41, 5.74) is 1.15. The summed E-state index contributed by atoms with van der Waals surface area (Å²) >= 11 is 0. The zero-order valence-corrected chi connectivity index (χ0v) is 12.3. The van der Waals surface area contributed by atoms with Gasteiger partial charge in [0.2, 0.25) is 11.8 Å². The fraction of sp³-hybridized carbons (Fsp3) is 0.429. The molecule has 1 heterocycles. The molecule has 0 radical (unpaired) electrons. The molecule has 0 fully saturated rings. The predicted molar refractivity (Wildman–Crippen MR) is 75.9 cm³/mol. The van der Waals surface area contributed by atoms with Gasteiger partial charge in [0.1, 0.15) is 5.75 Å². The highest BCUT2D eigenvalue weighted by atomic mass is 32.2. The van der Waals surface area contributed by atoms with Crippen LogP contribution in [0, 0.1) is 0 Å². The summed E-state index contributed by atoms with van der Waals surface area (Å²) in [6.07, 6.45) is 1.96. The van der Waals surface area contributed by atoms with Crippen molar-refractivity contribution in [2.75, 3.05) is 5.75 Å². The molecule has 1 aromatic carbocycles. The smallest absolute Gasteiger partial charge is 0.231 e. The van der Waals surface area contributed by atoms with Crippen LogP contribution in [-0.4, -0.2) is 24.4 Å². The van der Waals surface area contributed by atoms with Gasteiger partial charge in [0, 0.05) is 6.42 Å². The molecule has 1 aromatic heterocycles. The highest BCUT2D eigenvalue weighted by molar-refractivity contribution is 7.90. The summed E-state index contributed by atoms with van der Waals surface area (Å²) in [4.78, 5) is 0. The highest BCUT2D eigenvalue weighted by Gasteiger charge is 2.16. The molecule has 0 saturated heterocycles. The van der Waals surface area contributed by atoms with E-state index < -0.39 is 9.84 Å². The van der Waals surface area contributed by atoms with Crippen molar-refractivity contribution in [2.24, 2.45) is 0 Å². The van der Waals surface area contributed by atoms with Gasteiger partial charge >= 0.3 is 0 Å². The minimum absolute atomic E-state index is 0.131. The lowest BCUT2D eigenvalue weighted by atomic mass is 10.1. The van der Waals surface area contributed by atoms with Gasteiger partial charge in [0.15, 0.2) is 9.84 Å². The van der Waals surface area contributed by atoms with Crippen LogP contribution in [0.25, 0.3) is 0 Å². The third-order valence-electron chi connectivity index (χ3n) is 2.92. The number of aryl methyl sites for hydroxylation is 2. The Morgan fingerprint density at radius 3 is 2.45 bits per heavy atom. The van der Waals surface area contributed by atoms with Crippen LogP contribution in [0.15, 0.2) is 34.7 Å². The summed E-state index contributed by atoms with van der Waals surface area (Å²) in [5.74, 6) is 0.613. The van der Waals surface area contributed by atoms with Crippen LogP contribution in [0.1, 0.15) is 30.7 Å². The van der Waals surface area contributed by atoms with Crippen molar-refractivity contribution in [1.29, 1.82) is 0 Å². The van der Waals surface area contributed by atoms with E-state index in [4.69, 9.17) is 4.42 Å². The highest BCUT2D eigenvalue weighted by Crippen LogP contribution is 2.09. The largest absolute Gasteiger partial charge is 0.424 e. The molecule has 0 aliphatic carbocycles. The number of aromatic nitrogens is 2. The maximum absolute atomic E-state index is 12.0. The lowest BCUT2D eigenvalue weighted by Gasteiger charge is -2.02. The molecule has 0 saturated carbocycles. The number of hydrogen-bond donors (Lipinski definition) is 0. The molecule has 2 aromatic rings. The van der Waals surface area contributed by atoms with Crippen LogP contribution in [-0.2, 0) is 28.4 Å². The average Bonchev–Trinajstić information content (AvgIpc) is 2.86. The first-order chi connectivity index (χ1) is 9.59. The molecule has 0 atom stereocenters. The van der Waals surface area contributed by atoms with Gasteiger partial charge < -0.3 is 4.42 Å². The van der Waals surface area contributed by atoms with Crippen molar-refractivity contribution in [3.05, 3.63) is 47.7 Å². The minimum Gasteiger partial charge on any atom is -0.424 e. The maximum Gasteiger partial charge on any atom is 0.231 e. The number of nitrogens with zero attached hydrogens (tertiary/aromatic N) is 2. The average molecular weight is 294 g/mol. The van der Waals surface area contributed by atoms with E-state index in [0.29, 0.717) is 18.7 Å². The quantitative estimate of drug-likeness (QED) is 0.782. The first-order valence-electron chi connectivity index (χ1n) is 6.64. The van der Waals surface area contributed by atoms with Gasteiger partial charge in [-0.15, -0.1) is 10.2 Å². The Bertz CT molecular complexity index is 635. The molecule has 20 heavy (non-hydrogen) atoms. The second-order valence-corrected chi connectivity index (χ2v) is 6.81. The second-order valence-electron chi connectivity index (χ2n) is 4.62. The van der Waals surface area contributed by atoms with Crippen molar-refractivity contribution in [3.63, 3.8) is 0 Å². The van der Waals surface area contributed by atoms with E-state index in [2.05, 4.69) is 10.2 Å². The molecular formula is C14H18N2O3S. The Hall–Kier alpha value is -1.69. The molecule has 0 amide bonds. The number of hydrogen-bond acceptors (Lipinski definition) is 5. The van der Waals surface area contributed by atoms with E-state index in [1.54, 1.807) is 0 Å². The van der Waals surface area contributed by atoms with Gasteiger partial charge in [-0.1, -0.05) is 37.3 Å². The monoisotopic (exact) mass is 294 g/mol. The summed E-state index contributed by atoms with van der Waals surface area (Å²) in [6, 6.07) is 9.85. The third kappa shape index (κ3) is 4.45. The number of benzene rings is 1. The van der Waals surface area contributed by atoms with E-state index in [1.807, 2.05) is 37.3 Å². The second kappa shape index (κ2) is 6.65. The molecule has 0 N–H and O–H groups in total. The summed E-state index contributed by atoms with van der Waals surface area (Å²) in [7, 11) is -3.20. The topological polar surface area (TPSA) is 73.1 Å². The first kappa shape index (κ1) is 14.7. The van der Waals surface area contributed by atoms with Gasteiger partial charge in [0.05, 0.1) is 5.75 Å². The maximum atomic E-state index is 12.0. The fourth-order valence-corrected chi connectivity index (χ4v) is 3.11. The predicted octanol–water partition coefficient (Wildman–Crippen LogP) is 2.18. The Kier molecular flexibility index (Phi) is 4.89. The molecule has 0 spiro atoms. The van der Waals surface area contributed by atoms with Crippen molar-refractivity contribution < 1.29 is 12.8 Å². The lowest BCUT2D eigenvalue weighted by molar-refractivity contribution is 0.465. The molecule has 2 rings (SSSR count). The van der Waals surface area contributed by atoms with Crippen LogP contribution < -0.4 is 0 Å². The zero-order valence-electron chi connectivity index (χ0n) is 11.4. The van der Waals surface area contributed by atoms with Crippen LogP contribution >= 0.6 is 0 Å². The number of rotatable bonds is 7. The van der Waals surface area contributed by atoms with Crippen LogP contribution in [0.5, 0.6) is 0 Å². The molecule has 6 heteroatoms. The third-order valence-corrected chi connectivity index (χ3v) is 4.52. The first-order valence-corrected chi connectivity index (χ1v) is 8.47. The van der Waals surface area contributed by atoms with E-state index in [0.717, 1.165) is 12.0 Å². The van der Waals surface area contributed by atoms with Gasteiger partial charge in [0.25, 0.3) is 0 Å².